The van der Waals surface area contributed by atoms with Crippen molar-refractivity contribution in [3.63, 3.8) is 0 Å². The molecule has 244 valence electrons. The van der Waals surface area contributed by atoms with Crippen LogP contribution in [0.25, 0.3) is 0 Å². The molecular weight excluding hydrogens is 502 g/mol. The number of nitrogens with zero attached hydrogens (tertiary/aromatic N) is 1. The molecule has 0 saturated heterocycles. The molecule has 2 unspecified atom stereocenters. The van der Waals surface area contributed by atoms with Gasteiger partial charge in [0.05, 0.1) is 0 Å². The highest BCUT2D eigenvalue weighted by Gasteiger charge is 2.26. The lowest BCUT2D eigenvalue weighted by Crippen LogP contribution is -2.40. The molecule has 0 fully saturated rings. The number of amides is 1. The fraction of sp³-hybridized carbons (Fsp3) is 0.947. The molecule has 3 nitrogen and oxygen atoms in total. The van der Waals surface area contributed by atoms with Gasteiger partial charge in [0.1, 0.15) is 5.78 Å². The standard InChI is InChI=1S/C38H75NO2/c1-6-10-14-18-20-23-30-36(29-22-16-12-8-3)34-39(33-27-26-28-35(5)40)38(41)37(31-24-17-13-9-4)32-25-21-19-15-11-7-2/h36-37H,6-34H2,1-5H3. The lowest BCUT2D eigenvalue weighted by molar-refractivity contribution is -0.137. The van der Waals surface area contributed by atoms with E-state index in [0.717, 1.165) is 38.8 Å². The second kappa shape index (κ2) is 30.6. The molecule has 0 aromatic heterocycles. The van der Waals surface area contributed by atoms with E-state index >= 15 is 0 Å². The highest BCUT2D eigenvalue weighted by atomic mass is 16.2. The number of hydrogen-bond acceptors (Lipinski definition) is 2. The fourth-order valence-corrected chi connectivity index (χ4v) is 6.32. The molecule has 41 heavy (non-hydrogen) atoms. The zero-order chi connectivity index (χ0) is 30.4. The van der Waals surface area contributed by atoms with Crippen LogP contribution in [0.5, 0.6) is 0 Å². The van der Waals surface area contributed by atoms with Crippen molar-refractivity contribution in [3.8, 4) is 0 Å². The Labute approximate surface area is 258 Å². The van der Waals surface area contributed by atoms with Gasteiger partial charge in [-0.25, -0.2) is 0 Å². The Morgan fingerprint density at radius 1 is 0.488 bits per heavy atom. The Morgan fingerprint density at radius 2 is 0.878 bits per heavy atom. The van der Waals surface area contributed by atoms with Gasteiger partial charge >= 0.3 is 0 Å². The minimum Gasteiger partial charge on any atom is -0.342 e. The van der Waals surface area contributed by atoms with Crippen molar-refractivity contribution in [1.82, 2.24) is 4.90 Å². The maximum Gasteiger partial charge on any atom is 0.225 e. The zero-order valence-corrected chi connectivity index (χ0v) is 28.9. The third kappa shape index (κ3) is 25.4. The van der Waals surface area contributed by atoms with Crippen LogP contribution in [0.2, 0.25) is 0 Å². The normalized spacial score (nSPS) is 12.9. The van der Waals surface area contributed by atoms with Crippen molar-refractivity contribution >= 4 is 11.7 Å². The van der Waals surface area contributed by atoms with Gasteiger partial charge in [-0.3, -0.25) is 4.79 Å². The first-order valence-electron chi connectivity index (χ1n) is 18.8. The SMILES string of the molecule is CCCCCCCCC(CCCCCC)CN(CCCCC(C)=O)C(=O)C(CCCCCC)CCCCCCCC. The van der Waals surface area contributed by atoms with Crippen LogP contribution in [-0.4, -0.2) is 29.7 Å². The monoisotopic (exact) mass is 578 g/mol. The summed E-state index contributed by atoms with van der Waals surface area (Å²) in [6.45, 7) is 12.6. The smallest absolute Gasteiger partial charge is 0.225 e. The van der Waals surface area contributed by atoms with Gasteiger partial charge in [-0.1, -0.05) is 156 Å². The van der Waals surface area contributed by atoms with Gasteiger partial charge in [0.2, 0.25) is 5.91 Å². The fourth-order valence-electron chi connectivity index (χ4n) is 6.32. The molecule has 0 rings (SSSR count). The number of carbonyl (C=O) groups is 2. The Hall–Kier alpha value is -0.860. The lowest BCUT2D eigenvalue weighted by atomic mass is 9.90. The van der Waals surface area contributed by atoms with E-state index in [-0.39, 0.29) is 11.7 Å². The molecule has 0 saturated carbocycles. The van der Waals surface area contributed by atoms with Crippen LogP contribution in [0.1, 0.15) is 208 Å². The van der Waals surface area contributed by atoms with E-state index in [1.165, 1.54) is 141 Å². The van der Waals surface area contributed by atoms with Crippen LogP contribution in [0.15, 0.2) is 0 Å². The minimum absolute atomic E-state index is 0.195. The summed E-state index contributed by atoms with van der Waals surface area (Å²) in [7, 11) is 0. The van der Waals surface area contributed by atoms with E-state index < -0.39 is 0 Å². The van der Waals surface area contributed by atoms with E-state index in [9.17, 15) is 9.59 Å². The first-order valence-corrected chi connectivity index (χ1v) is 18.8. The second-order valence-corrected chi connectivity index (χ2v) is 13.3. The third-order valence-corrected chi connectivity index (χ3v) is 9.09. The van der Waals surface area contributed by atoms with Gasteiger partial charge in [-0.05, 0) is 51.4 Å². The predicted octanol–water partition coefficient (Wildman–Crippen LogP) is 12.2. The summed E-state index contributed by atoms with van der Waals surface area (Å²) < 4.78 is 0. The number of rotatable bonds is 32. The highest BCUT2D eigenvalue weighted by molar-refractivity contribution is 5.79. The van der Waals surface area contributed by atoms with Gasteiger partial charge in [-0.15, -0.1) is 0 Å². The first-order chi connectivity index (χ1) is 20.0. The minimum atomic E-state index is 0.195. The molecule has 0 aromatic rings. The van der Waals surface area contributed by atoms with Crippen LogP contribution in [0.4, 0.5) is 0 Å². The molecule has 2 atom stereocenters. The molecule has 0 spiro atoms. The molecule has 0 N–H and O–H groups in total. The van der Waals surface area contributed by atoms with Crippen LogP contribution < -0.4 is 0 Å². The summed E-state index contributed by atoms with van der Waals surface area (Å²) in [6.07, 6.45) is 33.2. The number of ketones is 1. The Balaban J connectivity index is 5.42. The number of carbonyl (C=O) groups excluding carboxylic acids is 2. The molecule has 0 radical (unpaired) electrons. The van der Waals surface area contributed by atoms with Crippen molar-refractivity contribution in [2.75, 3.05) is 13.1 Å². The Kier molecular flexibility index (Phi) is 30.0. The largest absolute Gasteiger partial charge is 0.342 e. The van der Waals surface area contributed by atoms with Crippen molar-refractivity contribution < 1.29 is 9.59 Å². The summed E-state index contributed by atoms with van der Waals surface area (Å²) in [4.78, 5) is 28.1. The predicted molar refractivity (Wildman–Crippen MR) is 182 cm³/mol. The van der Waals surface area contributed by atoms with E-state index in [2.05, 4.69) is 32.6 Å². The van der Waals surface area contributed by atoms with E-state index in [1.807, 2.05) is 0 Å². The highest BCUT2D eigenvalue weighted by Crippen LogP contribution is 2.25. The number of hydrogen-bond donors (Lipinski definition) is 0. The average molecular weight is 578 g/mol. The Bertz CT molecular complexity index is 575. The van der Waals surface area contributed by atoms with Crippen molar-refractivity contribution in [3.05, 3.63) is 0 Å². The first kappa shape index (κ1) is 40.1. The molecule has 0 aromatic carbocycles. The van der Waals surface area contributed by atoms with Crippen LogP contribution in [0, 0.1) is 11.8 Å². The molecule has 0 bridgehead atoms. The van der Waals surface area contributed by atoms with Gasteiger partial charge in [0.25, 0.3) is 0 Å². The van der Waals surface area contributed by atoms with E-state index in [0.29, 0.717) is 18.2 Å². The summed E-state index contributed by atoms with van der Waals surface area (Å²) >= 11 is 0. The zero-order valence-electron chi connectivity index (χ0n) is 28.9. The van der Waals surface area contributed by atoms with Crippen molar-refractivity contribution in [2.45, 2.75) is 208 Å². The summed E-state index contributed by atoms with van der Waals surface area (Å²) in [5.41, 5.74) is 0. The molecule has 0 aliphatic rings. The average Bonchev–Trinajstić information content (AvgIpc) is 2.96. The lowest BCUT2D eigenvalue weighted by Gasteiger charge is -2.31. The van der Waals surface area contributed by atoms with Crippen molar-refractivity contribution in [2.24, 2.45) is 11.8 Å². The van der Waals surface area contributed by atoms with Crippen LogP contribution >= 0.6 is 0 Å². The summed E-state index contributed by atoms with van der Waals surface area (Å²) in [5.74, 6) is 1.54. The molecular formula is C38H75NO2. The topological polar surface area (TPSA) is 37.4 Å². The Morgan fingerprint density at radius 3 is 1.32 bits per heavy atom. The maximum atomic E-state index is 14.2. The third-order valence-electron chi connectivity index (χ3n) is 9.09. The van der Waals surface area contributed by atoms with Crippen LogP contribution in [0.3, 0.4) is 0 Å². The summed E-state index contributed by atoms with van der Waals surface area (Å²) in [6, 6.07) is 0. The number of unbranched alkanes of at least 4 members (excludes halogenated alkanes) is 17. The van der Waals surface area contributed by atoms with Gasteiger partial charge in [-0.2, -0.15) is 0 Å². The van der Waals surface area contributed by atoms with Gasteiger partial charge < -0.3 is 9.69 Å². The number of Topliss-reactive ketones (excluding diaryl/α,β-unsaturated/α-hetero) is 1. The summed E-state index contributed by atoms with van der Waals surface area (Å²) in [5, 5.41) is 0. The molecule has 0 heterocycles. The van der Waals surface area contributed by atoms with Crippen molar-refractivity contribution in [1.29, 1.82) is 0 Å². The molecule has 3 heteroatoms. The molecule has 0 aliphatic carbocycles. The maximum absolute atomic E-state index is 14.2. The van der Waals surface area contributed by atoms with E-state index in [4.69, 9.17) is 0 Å². The van der Waals surface area contributed by atoms with Crippen LogP contribution in [-0.2, 0) is 9.59 Å². The quantitative estimate of drug-likeness (QED) is 0.0746. The van der Waals surface area contributed by atoms with Gasteiger partial charge in [0, 0.05) is 25.4 Å². The molecule has 0 aliphatic heterocycles. The second-order valence-electron chi connectivity index (χ2n) is 13.3. The molecule has 1 amide bonds. The van der Waals surface area contributed by atoms with E-state index in [1.54, 1.807) is 6.92 Å². The van der Waals surface area contributed by atoms with Gasteiger partial charge in [0.15, 0.2) is 0 Å².